The van der Waals surface area contributed by atoms with Crippen molar-refractivity contribution in [3.8, 4) is 33.9 Å². The van der Waals surface area contributed by atoms with Crippen LogP contribution in [0.1, 0.15) is 23.7 Å². The number of allylic oxidation sites excluding steroid dienone is 4. The van der Waals surface area contributed by atoms with Gasteiger partial charge in [-0.05, 0) is 68.9 Å². The average Bonchev–Trinajstić information content (AvgIpc) is 3.60. The summed E-state index contributed by atoms with van der Waals surface area (Å²) in [6, 6.07) is 53.0. The molecule has 0 saturated heterocycles. The van der Waals surface area contributed by atoms with Gasteiger partial charge in [0.15, 0.2) is 17.5 Å². The lowest BCUT2D eigenvalue weighted by atomic mass is 9.90. The van der Waals surface area contributed by atoms with Crippen LogP contribution in [0, 0.1) is 0 Å². The quantitative estimate of drug-likeness (QED) is 0.173. The van der Waals surface area contributed by atoms with Gasteiger partial charge in [0.2, 0.25) is 0 Å². The summed E-state index contributed by atoms with van der Waals surface area (Å²) in [5.74, 6) is 2.22. The third kappa shape index (κ3) is 5.12. The Bertz CT molecular complexity index is 2830. The van der Waals surface area contributed by atoms with E-state index < -0.39 is 0 Å². The van der Waals surface area contributed by atoms with Gasteiger partial charge < -0.3 is 4.42 Å². The van der Waals surface area contributed by atoms with Crippen molar-refractivity contribution in [1.82, 2.24) is 15.0 Å². The highest BCUT2D eigenvalue weighted by atomic mass is 16.3. The maximum Gasteiger partial charge on any atom is 0.165 e. The molecule has 1 unspecified atom stereocenters. The molecule has 7 aromatic carbocycles. The molecule has 1 aliphatic carbocycles. The molecular formula is C47H31N3O. The highest BCUT2D eigenvalue weighted by Gasteiger charge is 2.23. The van der Waals surface area contributed by atoms with Crippen molar-refractivity contribution < 1.29 is 4.42 Å². The van der Waals surface area contributed by atoms with E-state index in [1.54, 1.807) is 0 Å². The zero-order chi connectivity index (χ0) is 33.7. The third-order valence-electron chi connectivity index (χ3n) is 10.1. The average molecular weight is 654 g/mol. The number of fused-ring (bicyclic) bond motifs is 6. The summed E-state index contributed by atoms with van der Waals surface area (Å²) < 4.78 is 6.45. The van der Waals surface area contributed by atoms with E-state index in [2.05, 4.69) is 140 Å². The fourth-order valence-corrected chi connectivity index (χ4v) is 7.53. The second kappa shape index (κ2) is 12.0. The van der Waals surface area contributed by atoms with E-state index in [0.29, 0.717) is 23.4 Å². The highest BCUT2D eigenvalue weighted by Crippen LogP contribution is 2.43. The molecule has 1 aliphatic rings. The normalized spacial score (nSPS) is 14.4. The van der Waals surface area contributed by atoms with Gasteiger partial charge in [-0.3, -0.25) is 0 Å². The number of furan rings is 1. The Balaban J connectivity index is 1.22. The van der Waals surface area contributed by atoms with E-state index in [1.165, 1.54) is 27.1 Å². The Labute approximate surface area is 295 Å². The Morgan fingerprint density at radius 2 is 1.20 bits per heavy atom. The van der Waals surface area contributed by atoms with Crippen LogP contribution in [-0.4, -0.2) is 15.0 Å². The molecule has 0 saturated carbocycles. The minimum Gasteiger partial charge on any atom is -0.456 e. The molecule has 2 aromatic heterocycles. The van der Waals surface area contributed by atoms with Crippen LogP contribution in [0.3, 0.4) is 0 Å². The molecule has 240 valence electrons. The number of aromatic nitrogens is 3. The van der Waals surface area contributed by atoms with Gasteiger partial charge >= 0.3 is 0 Å². The fourth-order valence-electron chi connectivity index (χ4n) is 7.53. The molecule has 0 aliphatic heterocycles. The molecule has 0 bridgehead atoms. The predicted molar refractivity (Wildman–Crippen MR) is 209 cm³/mol. The van der Waals surface area contributed by atoms with Gasteiger partial charge in [-0.1, -0.05) is 146 Å². The molecule has 0 fully saturated rings. The number of hydrogen-bond acceptors (Lipinski definition) is 4. The SMILES string of the molecule is C1=CC(c2ccccc2)CC=C1c1nc(-c2ccccc2)nc(-c2c(-c3ccc4ccc5ccccc5c4c3)ccc3oc4ccccc4c23)n1. The van der Waals surface area contributed by atoms with Crippen molar-refractivity contribution in [1.29, 1.82) is 0 Å². The second-order valence-corrected chi connectivity index (χ2v) is 13.1. The van der Waals surface area contributed by atoms with Crippen molar-refractivity contribution in [3.63, 3.8) is 0 Å². The van der Waals surface area contributed by atoms with E-state index in [9.17, 15) is 0 Å². The second-order valence-electron chi connectivity index (χ2n) is 13.1. The zero-order valence-corrected chi connectivity index (χ0v) is 27.7. The van der Waals surface area contributed by atoms with Crippen molar-refractivity contribution in [2.75, 3.05) is 0 Å². The molecule has 1 atom stereocenters. The fraction of sp³-hybridized carbons (Fsp3) is 0.0426. The van der Waals surface area contributed by atoms with E-state index >= 15 is 0 Å². The molecule has 0 radical (unpaired) electrons. The molecule has 51 heavy (non-hydrogen) atoms. The van der Waals surface area contributed by atoms with E-state index in [0.717, 1.165) is 56.2 Å². The number of para-hydroxylation sites is 1. The van der Waals surface area contributed by atoms with Crippen LogP contribution in [0.2, 0.25) is 0 Å². The number of nitrogens with zero attached hydrogens (tertiary/aromatic N) is 3. The van der Waals surface area contributed by atoms with Crippen LogP contribution in [-0.2, 0) is 0 Å². The standard InChI is InChI=1S/C47H31N3O/c1-3-11-30(12-4-1)31-19-24-35(25-20-31)46-48-45(34-14-5-2-6-15-34)49-47(50-46)44-38(27-28-42-43(44)39-17-9-10-18-41(39)51-42)36-26-23-33-22-21-32-13-7-8-16-37(32)40(33)29-36/h1-19,21-29,31H,20H2. The summed E-state index contributed by atoms with van der Waals surface area (Å²) in [6.07, 6.45) is 7.56. The van der Waals surface area contributed by atoms with Gasteiger partial charge in [-0.2, -0.15) is 0 Å². The van der Waals surface area contributed by atoms with Crippen LogP contribution in [0.15, 0.2) is 174 Å². The van der Waals surface area contributed by atoms with Crippen LogP contribution in [0.5, 0.6) is 0 Å². The summed E-state index contributed by atoms with van der Waals surface area (Å²) in [5.41, 5.74) is 7.92. The first-order valence-electron chi connectivity index (χ1n) is 17.4. The minimum atomic E-state index is 0.312. The Hall–Kier alpha value is -6.65. The molecule has 9 aromatic rings. The lowest BCUT2D eigenvalue weighted by molar-refractivity contribution is 0.669. The molecule has 0 spiro atoms. The summed E-state index contributed by atoms with van der Waals surface area (Å²) in [7, 11) is 0. The first kappa shape index (κ1) is 29.3. The van der Waals surface area contributed by atoms with Crippen molar-refractivity contribution >= 4 is 49.1 Å². The first-order valence-corrected chi connectivity index (χ1v) is 17.4. The van der Waals surface area contributed by atoms with Crippen LogP contribution >= 0.6 is 0 Å². The Morgan fingerprint density at radius 3 is 2.02 bits per heavy atom. The smallest absolute Gasteiger partial charge is 0.165 e. The van der Waals surface area contributed by atoms with Gasteiger partial charge in [0.25, 0.3) is 0 Å². The lowest BCUT2D eigenvalue weighted by Gasteiger charge is -2.17. The third-order valence-corrected chi connectivity index (χ3v) is 10.1. The van der Waals surface area contributed by atoms with Crippen molar-refractivity contribution in [2.45, 2.75) is 12.3 Å². The van der Waals surface area contributed by atoms with E-state index in [1.807, 2.05) is 30.3 Å². The molecule has 4 nitrogen and oxygen atoms in total. The molecular weight excluding hydrogens is 623 g/mol. The maximum absolute atomic E-state index is 6.45. The molecule has 0 N–H and O–H groups in total. The Kier molecular flexibility index (Phi) is 6.91. The number of benzene rings is 7. The summed E-state index contributed by atoms with van der Waals surface area (Å²) in [4.78, 5) is 15.6. The first-order chi connectivity index (χ1) is 25.3. The topological polar surface area (TPSA) is 51.8 Å². The molecule has 4 heteroatoms. The predicted octanol–water partition coefficient (Wildman–Crippen LogP) is 12.2. The van der Waals surface area contributed by atoms with Gasteiger partial charge in [-0.25, -0.2) is 15.0 Å². The van der Waals surface area contributed by atoms with E-state index in [-0.39, 0.29) is 0 Å². The molecule has 10 rings (SSSR count). The van der Waals surface area contributed by atoms with Gasteiger partial charge in [0, 0.05) is 33.4 Å². The van der Waals surface area contributed by atoms with Crippen molar-refractivity contribution in [3.05, 3.63) is 181 Å². The number of hydrogen-bond donors (Lipinski definition) is 0. The van der Waals surface area contributed by atoms with Crippen LogP contribution in [0.4, 0.5) is 0 Å². The van der Waals surface area contributed by atoms with Crippen molar-refractivity contribution in [2.24, 2.45) is 0 Å². The zero-order valence-electron chi connectivity index (χ0n) is 27.7. The molecule has 2 heterocycles. The summed E-state index contributed by atoms with van der Waals surface area (Å²) in [5, 5.41) is 6.88. The summed E-state index contributed by atoms with van der Waals surface area (Å²) >= 11 is 0. The maximum atomic E-state index is 6.45. The van der Waals surface area contributed by atoms with Crippen LogP contribution in [0.25, 0.3) is 83.0 Å². The van der Waals surface area contributed by atoms with E-state index in [4.69, 9.17) is 19.4 Å². The summed E-state index contributed by atoms with van der Waals surface area (Å²) in [6.45, 7) is 0. The Morgan fingerprint density at radius 1 is 0.510 bits per heavy atom. The lowest BCUT2D eigenvalue weighted by Crippen LogP contribution is -2.05. The number of rotatable bonds is 5. The largest absolute Gasteiger partial charge is 0.456 e. The van der Waals surface area contributed by atoms with Gasteiger partial charge in [0.1, 0.15) is 11.2 Å². The monoisotopic (exact) mass is 653 g/mol. The minimum absolute atomic E-state index is 0.312. The highest BCUT2D eigenvalue weighted by molar-refractivity contribution is 6.16. The van der Waals surface area contributed by atoms with Gasteiger partial charge in [-0.15, -0.1) is 0 Å². The van der Waals surface area contributed by atoms with Crippen LogP contribution < -0.4 is 0 Å². The molecule has 0 amide bonds. The van der Waals surface area contributed by atoms with Gasteiger partial charge in [0.05, 0.1) is 0 Å².